The molecule has 21 heavy (non-hydrogen) atoms. The molecule has 2 unspecified atom stereocenters. The summed E-state index contributed by atoms with van der Waals surface area (Å²) in [6.45, 7) is 4.53. The fraction of sp³-hybridized carbons (Fsp3) is 0.471. The van der Waals surface area contributed by atoms with Gasteiger partial charge in [-0.3, -0.25) is 4.90 Å². The summed E-state index contributed by atoms with van der Waals surface area (Å²) < 4.78 is 0. The quantitative estimate of drug-likeness (QED) is 0.940. The van der Waals surface area contributed by atoms with Gasteiger partial charge in [0, 0.05) is 42.4 Å². The van der Waals surface area contributed by atoms with E-state index in [0.29, 0.717) is 18.6 Å². The first kappa shape index (κ1) is 14.7. The van der Waals surface area contributed by atoms with Gasteiger partial charge in [-0.25, -0.2) is 4.98 Å². The molecule has 2 aromatic rings. The van der Waals surface area contributed by atoms with Crippen LogP contribution in [-0.2, 0) is 6.54 Å². The SMILES string of the molecule is CC1CCC(CO)CN1Cc1cnc(-c2ccccc2)s1. The molecule has 2 atom stereocenters. The number of thiazole rings is 1. The molecule has 0 saturated carbocycles. The van der Waals surface area contributed by atoms with Crippen molar-refractivity contribution in [2.75, 3.05) is 13.2 Å². The normalized spacial score (nSPS) is 23.3. The van der Waals surface area contributed by atoms with Crippen LogP contribution in [0.5, 0.6) is 0 Å². The first-order valence-electron chi connectivity index (χ1n) is 7.61. The highest BCUT2D eigenvalue weighted by molar-refractivity contribution is 7.15. The monoisotopic (exact) mass is 302 g/mol. The maximum atomic E-state index is 9.38. The minimum absolute atomic E-state index is 0.307. The second kappa shape index (κ2) is 6.69. The van der Waals surface area contributed by atoms with Gasteiger partial charge in [0.1, 0.15) is 5.01 Å². The molecule has 1 fully saturated rings. The van der Waals surface area contributed by atoms with Crippen molar-refractivity contribution in [3.63, 3.8) is 0 Å². The standard InChI is InChI=1S/C17H22N2OS/c1-13-7-8-14(12-20)10-19(13)11-16-9-18-17(21-16)15-5-3-2-4-6-15/h2-6,9,13-14,20H,7-8,10-12H2,1H3. The van der Waals surface area contributed by atoms with Gasteiger partial charge in [0.05, 0.1) is 0 Å². The summed E-state index contributed by atoms with van der Waals surface area (Å²) >= 11 is 1.78. The zero-order valence-corrected chi connectivity index (χ0v) is 13.2. The van der Waals surface area contributed by atoms with Crippen molar-refractivity contribution in [3.05, 3.63) is 41.4 Å². The maximum Gasteiger partial charge on any atom is 0.123 e. The van der Waals surface area contributed by atoms with E-state index in [4.69, 9.17) is 0 Å². The largest absolute Gasteiger partial charge is 0.396 e. The Kier molecular flexibility index (Phi) is 4.68. The average molecular weight is 302 g/mol. The van der Waals surface area contributed by atoms with Crippen molar-refractivity contribution in [3.8, 4) is 10.6 Å². The second-order valence-corrected chi connectivity index (χ2v) is 7.02. The molecular weight excluding hydrogens is 280 g/mol. The molecule has 1 aliphatic heterocycles. The number of aliphatic hydroxyl groups excluding tert-OH is 1. The third kappa shape index (κ3) is 3.51. The molecule has 0 radical (unpaired) electrons. The Hall–Kier alpha value is -1.23. The fourth-order valence-corrected chi connectivity index (χ4v) is 3.87. The minimum atomic E-state index is 0.307. The molecule has 1 aliphatic rings. The van der Waals surface area contributed by atoms with E-state index in [-0.39, 0.29) is 0 Å². The Balaban J connectivity index is 1.69. The molecule has 3 nitrogen and oxygen atoms in total. The van der Waals surface area contributed by atoms with E-state index in [1.807, 2.05) is 12.3 Å². The smallest absolute Gasteiger partial charge is 0.123 e. The third-order valence-electron chi connectivity index (χ3n) is 4.30. The molecule has 0 bridgehead atoms. The van der Waals surface area contributed by atoms with Crippen molar-refractivity contribution in [1.82, 2.24) is 9.88 Å². The van der Waals surface area contributed by atoms with Gasteiger partial charge in [-0.1, -0.05) is 30.3 Å². The molecule has 4 heteroatoms. The van der Waals surface area contributed by atoms with Crippen LogP contribution in [0.2, 0.25) is 0 Å². The van der Waals surface area contributed by atoms with E-state index in [0.717, 1.165) is 24.5 Å². The minimum Gasteiger partial charge on any atom is -0.396 e. The van der Waals surface area contributed by atoms with Crippen LogP contribution in [0.4, 0.5) is 0 Å². The van der Waals surface area contributed by atoms with Crippen molar-refractivity contribution in [1.29, 1.82) is 0 Å². The molecule has 1 N–H and O–H groups in total. The van der Waals surface area contributed by atoms with Crippen LogP contribution in [0.1, 0.15) is 24.6 Å². The first-order valence-corrected chi connectivity index (χ1v) is 8.43. The van der Waals surface area contributed by atoms with Gasteiger partial charge >= 0.3 is 0 Å². The summed E-state index contributed by atoms with van der Waals surface area (Å²) in [5.41, 5.74) is 1.19. The summed E-state index contributed by atoms with van der Waals surface area (Å²) in [5.74, 6) is 0.433. The van der Waals surface area contributed by atoms with Crippen LogP contribution in [0.15, 0.2) is 36.5 Å². The van der Waals surface area contributed by atoms with Crippen molar-refractivity contribution < 1.29 is 5.11 Å². The molecule has 1 saturated heterocycles. The highest BCUT2D eigenvalue weighted by Crippen LogP contribution is 2.28. The van der Waals surface area contributed by atoms with Gasteiger partial charge in [-0.05, 0) is 25.7 Å². The number of aliphatic hydroxyl groups is 1. The fourth-order valence-electron chi connectivity index (χ4n) is 2.93. The molecule has 2 heterocycles. The lowest BCUT2D eigenvalue weighted by atomic mass is 9.94. The van der Waals surface area contributed by atoms with Gasteiger partial charge in [-0.15, -0.1) is 11.3 Å². The number of aromatic nitrogens is 1. The van der Waals surface area contributed by atoms with E-state index < -0.39 is 0 Å². The number of piperidine rings is 1. The van der Waals surface area contributed by atoms with E-state index >= 15 is 0 Å². The molecule has 1 aromatic carbocycles. The molecule has 0 amide bonds. The van der Waals surface area contributed by atoms with Gasteiger partial charge < -0.3 is 5.11 Å². The predicted molar refractivity (Wildman–Crippen MR) is 87.2 cm³/mol. The summed E-state index contributed by atoms with van der Waals surface area (Å²) in [4.78, 5) is 8.34. The number of likely N-dealkylation sites (tertiary alicyclic amines) is 1. The number of nitrogens with zero attached hydrogens (tertiary/aromatic N) is 2. The first-order chi connectivity index (χ1) is 10.3. The average Bonchev–Trinajstić information content (AvgIpc) is 2.99. The summed E-state index contributed by atoms with van der Waals surface area (Å²) in [7, 11) is 0. The number of hydrogen-bond donors (Lipinski definition) is 1. The number of hydrogen-bond acceptors (Lipinski definition) is 4. The molecule has 0 spiro atoms. The van der Waals surface area contributed by atoms with Crippen molar-refractivity contribution >= 4 is 11.3 Å². The van der Waals surface area contributed by atoms with Crippen LogP contribution in [0.25, 0.3) is 10.6 Å². The van der Waals surface area contributed by atoms with Gasteiger partial charge in [0.25, 0.3) is 0 Å². The van der Waals surface area contributed by atoms with Crippen LogP contribution in [-0.4, -0.2) is 34.2 Å². The Morgan fingerprint density at radius 3 is 2.86 bits per heavy atom. The van der Waals surface area contributed by atoms with Gasteiger partial charge in [0.15, 0.2) is 0 Å². The van der Waals surface area contributed by atoms with E-state index in [1.54, 1.807) is 11.3 Å². The topological polar surface area (TPSA) is 36.4 Å². The maximum absolute atomic E-state index is 9.38. The summed E-state index contributed by atoms with van der Waals surface area (Å²) in [5, 5.41) is 10.5. The Morgan fingerprint density at radius 1 is 1.29 bits per heavy atom. The molecule has 1 aromatic heterocycles. The Morgan fingerprint density at radius 2 is 2.10 bits per heavy atom. The van der Waals surface area contributed by atoms with Gasteiger partial charge in [0.2, 0.25) is 0 Å². The van der Waals surface area contributed by atoms with Crippen LogP contribution in [0, 0.1) is 5.92 Å². The van der Waals surface area contributed by atoms with E-state index in [2.05, 4.69) is 41.1 Å². The summed E-state index contributed by atoms with van der Waals surface area (Å²) in [6.07, 6.45) is 4.32. The van der Waals surface area contributed by atoms with E-state index in [9.17, 15) is 5.11 Å². The lowest BCUT2D eigenvalue weighted by Gasteiger charge is -2.37. The van der Waals surface area contributed by atoms with Crippen LogP contribution >= 0.6 is 11.3 Å². The molecule has 112 valence electrons. The van der Waals surface area contributed by atoms with Crippen molar-refractivity contribution in [2.24, 2.45) is 5.92 Å². The molecule has 3 rings (SSSR count). The highest BCUT2D eigenvalue weighted by atomic mass is 32.1. The van der Waals surface area contributed by atoms with E-state index in [1.165, 1.54) is 16.9 Å². The van der Waals surface area contributed by atoms with Crippen molar-refractivity contribution in [2.45, 2.75) is 32.4 Å². The Bertz CT molecular complexity index is 569. The van der Waals surface area contributed by atoms with Gasteiger partial charge in [-0.2, -0.15) is 0 Å². The zero-order chi connectivity index (χ0) is 14.7. The second-order valence-electron chi connectivity index (χ2n) is 5.90. The number of rotatable bonds is 4. The summed E-state index contributed by atoms with van der Waals surface area (Å²) in [6, 6.07) is 10.9. The lowest BCUT2D eigenvalue weighted by molar-refractivity contribution is 0.0779. The lowest BCUT2D eigenvalue weighted by Crippen LogP contribution is -2.42. The Labute approximate surface area is 130 Å². The third-order valence-corrected chi connectivity index (χ3v) is 5.33. The molecule has 0 aliphatic carbocycles. The van der Waals surface area contributed by atoms with Crippen LogP contribution in [0.3, 0.4) is 0 Å². The zero-order valence-electron chi connectivity index (χ0n) is 12.4. The number of benzene rings is 1. The van der Waals surface area contributed by atoms with Crippen LogP contribution < -0.4 is 0 Å². The predicted octanol–water partition coefficient (Wildman–Crippen LogP) is 3.40. The molecular formula is C17H22N2OS. The highest BCUT2D eigenvalue weighted by Gasteiger charge is 2.25.